The molecule has 4 aromatic rings. The zero-order valence-electron chi connectivity index (χ0n) is 21.1. The zero-order chi connectivity index (χ0) is 27.2. The molecule has 1 fully saturated rings. The highest BCUT2D eigenvalue weighted by Crippen LogP contribution is 2.30. The second kappa shape index (κ2) is 12.4. The van der Waals surface area contributed by atoms with Gasteiger partial charge < -0.3 is 15.5 Å². The van der Waals surface area contributed by atoms with Crippen LogP contribution in [0.4, 0.5) is 14.9 Å². The smallest absolute Gasteiger partial charge is 0.321 e. The molecule has 0 aliphatic carbocycles. The van der Waals surface area contributed by atoms with E-state index in [2.05, 4.69) is 15.5 Å². The number of hydrogen-bond acceptors (Lipinski definition) is 5. The van der Waals surface area contributed by atoms with Crippen LogP contribution < -0.4 is 10.6 Å². The summed E-state index contributed by atoms with van der Waals surface area (Å²) in [5.74, 6) is -0.957. The summed E-state index contributed by atoms with van der Waals surface area (Å²) in [5.41, 5.74) is 3.56. The summed E-state index contributed by atoms with van der Waals surface area (Å²) in [6.45, 7) is 3.56. The van der Waals surface area contributed by atoms with Crippen LogP contribution in [0, 0.1) is 5.82 Å². The Kier molecular flexibility index (Phi) is 8.51. The summed E-state index contributed by atoms with van der Waals surface area (Å²) in [7, 11) is 0. The lowest BCUT2D eigenvalue weighted by molar-refractivity contribution is 0.0938. The number of amides is 3. The zero-order valence-corrected chi connectivity index (χ0v) is 22.6. The van der Waals surface area contributed by atoms with Crippen molar-refractivity contribution in [2.75, 3.05) is 44.6 Å². The van der Waals surface area contributed by atoms with Crippen LogP contribution in [0.5, 0.6) is 0 Å². The van der Waals surface area contributed by atoms with Crippen molar-refractivity contribution >= 4 is 40.6 Å². The number of carbonyl (C=O) groups is 2. The van der Waals surface area contributed by atoms with Crippen molar-refractivity contribution in [3.05, 3.63) is 94.6 Å². The third-order valence-corrected chi connectivity index (χ3v) is 7.64. The minimum Gasteiger partial charge on any atom is -0.351 e. The van der Waals surface area contributed by atoms with E-state index in [0.717, 1.165) is 21.8 Å². The summed E-state index contributed by atoms with van der Waals surface area (Å²) in [4.78, 5) is 33.8. The second-order valence-corrected chi connectivity index (χ2v) is 10.4. The van der Waals surface area contributed by atoms with Crippen molar-refractivity contribution in [3.63, 3.8) is 0 Å². The Bertz CT molecular complexity index is 1450. The molecule has 200 valence electrons. The molecule has 0 spiro atoms. The normalized spacial score (nSPS) is 13.7. The Morgan fingerprint density at radius 2 is 1.72 bits per heavy atom. The first kappa shape index (κ1) is 26.8. The van der Waals surface area contributed by atoms with Crippen LogP contribution in [0.1, 0.15) is 10.4 Å². The molecule has 0 unspecified atom stereocenters. The Morgan fingerprint density at radius 3 is 2.49 bits per heavy atom. The van der Waals surface area contributed by atoms with Crippen molar-refractivity contribution in [1.29, 1.82) is 0 Å². The molecule has 0 saturated carbocycles. The molecule has 1 saturated heterocycles. The predicted molar refractivity (Wildman–Crippen MR) is 154 cm³/mol. The van der Waals surface area contributed by atoms with E-state index < -0.39 is 11.7 Å². The van der Waals surface area contributed by atoms with E-state index >= 15 is 0 Å². The van der Waals surface area contributed by atoms with Crippen molar-refractivity contribution in [1.82, 2.24) is 20.1 Å². The van der Waals surface area contributed by atoms with E-state index in [1.807, 2.05) is 53.9 Å². The van der Waals surface area contributed by atoms with E-state index in [9.17, 15) is 14.0 Å². The van der Waals surface area contributed by atoms with Gasteiger partial charge in [-0.05, 0) is 36.4 Å². The van der Waals surface area contributed by atoms with Crippen LogP contribution in [-0.4, -0.2) is 66.0 Å². The molecule has 0 radical (unpaired) electrons. The van der Waals surface area contributed by atoms with Crippen LogP contribution in [0.15, 0.2) is 78.2 Å². The molecule has 3 amide bonds. The van der Waals surface area contributed by atoms with Gasteiger partial charge in [-0.25, -0.2) is 14.2 Å². The molecule has 1 aliphatic heterocycles. The number of rotatable bonds is 7. The lowest BCUT2D eigenvalue weighted by Crippen LogP contribution is -2.51. The molecule has 0 atom stereocenters. The van der Waals surface area contributed by atoms with E-state index in [0.29, 0.717) is 50.0 Å². The number of halogens is 2. The number of urea groups is 1. The van der Waals surface area contributed by atoms with Gasteiger partial charge in [0.1, 0.15) is 10.8 Å². The number of carbonyl (C=O) groups excluding carboxylic acids is 2. The molecule has 2 N–H and O–H groups in total. The van der Waals surface area contributed by atoms with Crippen LogP contribution in [0.25, 0.3) is 21.8 Å². The maximum Gasteiger partial charge on any atom is 0.321 e. The summed E-state index contributed by atoms with van der Waals surface area (Å²) < 4.78 is 13.8. The molecule has 2 heterocycles. The van der Waals surface area contributed by atoms with Crippen LogP contribution in [-0.2, 0) is 0 Å². The maximum atomic E-state index is 13.8. The van der Waals surface area contributed by atoms with Crippen LogP contribution in [0.2, 0.25) is 5.02 Å². The predicted octanol–water partition coefficient (Wildman–Crippen LogP) is 5.85. The van der Waals surface area contributed by atoms with Gasteiger partial charge in [0.05, 0.1) is 11.3 Å². The Labute approximate surface area is 235 Å². The standard InChI is InChI=1S/C29H27ClFN5O2S/c30-22-10-8-20(9-11-22)26-19-39-28(34-26)21-4-3-5-23(18-21)33-29(38)36-16-14-35(15-17-36)13-12-32-27(37)24-6-1-2-7-25(24)31/h1-11,18-19H,12-17H2,(H,32,37)(H,33,38). The summed E-state index contributed by atoms with van der Waals surface area (Å²) in [6, 6.07) is 21.0. The van der Waals surface area contributed by atoms with Gasteiger partial charge in [0.15, 0.2) is 0 Å². The topological polar surface area (TPSA) is 77.6 Å². The Hall–Kier alpha value is -3.79. The molecule has 1 aromatic heterocycles. The highest BCUT2D eigenvalue weighted by molar-refractivity contribution is 7.13. The molecule has 39 heavy (non-hydrogen) atoms. The minimum atomic E-state index is -0.533. The fourth-order valence-electron chi connectivity index (χ4n) is 4.33. The van der Waals surface area contributed by atoms with Crippen molar-refractivity contribution in [2.45, 2.75) is 0 Å². The average Bonchev–Trinajstić information content (AvgIpc) is 3.45. The van der Waals surface area contributed by atoms with Gasteiger partial charge in [-0.3, -0.25) is 9.69 Å². The number of benzene rings is 3. The molecule has 3 aromatic carbocycles. The molecular weight excluding hydrogens is 537 g/mol. The van der Waals surface area contributed by atoms with E-state index in [1.165, 1.54) is 12.1 Å². The highest BCUT2D eigenvalue weighted by atomic mass is 35.5. The Balaban J connectivity index is 1.10. The SMILES string of the molecule is O=C(NCCN1CCN(C(=O)Nc2cccc(-c3nc(-c4ccc(Cl)cc4)cs3)c2)CC1)c1ccccc1F. The number of anilines is 1. The molecule has 1 aliphatic rings. The molecule has 10 heteroatoms. The largest absolute Gasteiger partial charge is 0.351 e. The number of nitrogens with zero attached hydrogens (tertiary/aromatic N) is 3. The minimum absolute atomic E-state index is 0.0416. The molecule has 5 rings (SSSR count). The number of aromatic nitrogens is 1. The third-order valence-electron chi connectivity index (χ3n) is 6.50. The molecule has 7 nitrogen and oxygen atoms in total. The fraction of sp³-hybridized carbons (Fsp3) is 0.207. The van der Waals surface area contributed by atoms with Gasteiger partial charge in [-0.1, -0.05) is 48.0 Å². The Morgan fingerprint density at radius 1 is 0.949 bits per heavy atom. The number of thiazole rings is 1. The lowest BCUT2D eigenvalue weighted by atomic mass is 10.2. The first-order valence-corrected chi connectivity index (χ1v) is 13.8. The van der Waals surface area contributed by atoms with E-state index in [4.69, 9.17) is 16.6 Å². The van der Waals surface area contributed by atoms with E-state index in [1.54, 1.807) is 28.4 Å². The quantitative estimate of drug-likeness (QED) is 0.296. The van der Waals surface area contributed by atoms with Crippen LogP contribution in [0.3, 0.4) is 0 Å². The summed E-state index contributed by atoms with van der Waals surface area (Å²) >= 11 is 7.54. The number of hydrogen-bond donors (Lipinski definition) is 2. The van der Waals surface area contributed by atoms with Gasteiger partial charge in [0, 0.05) is 66.5 Å². The van der Waals surface area contributed by atoms with Crippen molar-refractivity contribution in [3.8, 4) is 21.8 Å². The van der Waals surface area contributed by atoms with Gasteiger partial charge in [-0.15, -0.1) is 11.3 Å². The summed E-state index contributed by atoms with van der Waals surface area (Å²) in [6.07, 6.45) is 0. The third kappa shape index (κ3) is 6.81. The van der Waals surface area contributed by atoms with Gasteiger partial charge in [-0.2, -0.15) is 0 Å². The number of nitrogens with one attached hydrogen (secondary N) is 2. The maximum absolute atomic E-state index is 13.8. The second-order valence-electron chi connectivity index (χ2n) is 9.12. The van der Waals surface area contributed by atoms with E-state index in [-0.39, 0.29) is 11.6 Å². The monoisotopic (exact) mass is 563 g/mol. The highest BCUT2D eigenvalue weighted by Gasteiger charge is 2.21. The van der Waals surface area contributed by atoms with Gasteiger partial charge in [0.25, 0.3) is 5.91 Å². The first-order valence-electron chi connectivity index (χ1n) is 12.6. The average molecular weight is 564 g/mol. The molecule has 0 bridgehead atoms. The number of piperazine rings is 1. The van der Waals surface area contributed by atoms with Crippen molar-refractivity contribution in [2.24, 2.45) is 0 Å². The van der Waals surface area contributed by atoms with Gasteiger partial charge in [0.2, 0.25) is 0 Å². The first-order chi connectivity index (χ1) is 19.0. The molecular formula is C29H27ClFN5O2S. The van der Waals surface area contributed by atoms with Gasteiger partial charge >= 0.3 is 6.03 Å². The fourth-order valence-corrected chi connectivity index (χ4v) is 5.29. The van der Waals surface area contributed by atoms with Crippen LogP contribution >= 0.6 is 22.9 Å². The van der Waals surface area contributed by atoms with Crippen molar-refractivity contribution < 1.29 is 14.0 Å². The summed E-state index contributed by atoms with van der Waals surface area (Å²) in [5, 5.41) is 9.32. The lowest BCUT2D eigenvalue weighted by Gasteiger charge is -2.34.